The topological polar surface area (TPSA) is 43.7 Å². The fraction of sp³-hybridized carbons (Fsp3) is 0.571. The zero-order valence-corrected chi connectivity index (χ0v) is 10.6. The molecule has 1 heterocycles. The average Bonchev–Trinajstić information content (AvgIpc) is 2.34. The Labute approximate surface area is 107 Å². The molecule has 18 heavy (non-hydrogen) atoms. The lowest BCUT2D eigenvalue weighted by atomic mass is 9.93. The molecule has 0 bridgehead atoms. The number of nitrogens with zero attached hydrogens (tertiary/aromatic N) is 1. The second-order valence-electron chi connectivity index (χ2n) is 5.15. The van der Waals surface area contributed by atoms with Crippen LogP contribution in [0.25, 0.3) is 0 Å². The molecule has 0 saturated carbocycles. The van der Waals surface area contributed by atoms with Crippen LogP contribution < -0.4 is 0 Å². The number of piperidine rings is 1. The minimum atomic E-state index is -0.327. The molecule has 1 saturated heterocycles. The van der Waals surface area contributed by atoms with Gasteiger partial charge in [0.25, 0.3) is 0 Å². The monoisotopic (exact) mass is 253 g/mol. The van der Waals surface area contributed by atoms with Crippen molar-refractivity contribution in [2.24, 2.45) is 5.92 Å². The molecule has 1 aliphatic rings. The minimum Gasteiger partial charge on any atom is -0.508 e. The van der Waals surface area contributed by atoms with Gasteiger partial charge >= 0.3 is 0 Å². The molecule has 2 N–H and O–H groups in total. The third-order valence-electron chi connectivity index (χ3n) is 3.66. The van der Waals surface area contributed by atoms with Crippen LogP contribution in [-0.2, 0) is 6.54 Å². The van der Waals surface area contributed by atoms with E-state index in [-0.39, 0.29) is 23.6 Å². The molecule has 1 aromatic rings. The second kappa shape index (κ2) is 5.67. The smallest absolute Gasteiger partial charge is 0.123 e. The van der Waals surface area contributed by atoms with Gasteiger partial charge in [-0.25, -0.2) is 4.39 Å². The van der Waals surface area contributed by atoms with Gasteiger partial charge in [0.05, 0.1) is 6.10 Å². The molecule has 0 aromatic heterocycles. The Morgan fingerprint density at radius 3 is 3.00 bits per heavy atom. The normalized spacial score (nSPS) is 22.9. The largest absolute Gasteiger partial charge is 0.508 e. The van der Waals surface area contributed by atoms with Crippen molar-refractivity contribution in [3.8, 4) is 5.75 Å². The van der Waals surface area contributed by atoms with E-state index in [4.69, 9.17) is 0 Å². The fourth-order valence-corrected chi connectivity index (χ4v) is 2.55. The minimum absolute atomic E-state index is 0.135. The Balaban J connectivity index is 2.02. The highest BCUT2D eigenvalue weighted by Crippen LogP contribution is 2.24. The van der Waals surface area contributed by atoms with Crippen LogP contribution in [0.3, 0.4) is 0 Å². The lowest BCUT2D eigenvalue weighted by Crippen LogP contribution is -2.39. The summed E-state index contributed by atoms with van der Waals surface area (Å²) in [5, 5.41) is 19.3. The summed E-state index contributed by atoms with van der Waals surface area (Å²) < 4.78 is 13.1. The fourth-order valence-electron chi connectivity index (χ4n) is 2.55. The molecule has 4 heteroatoms. The summed E-state index contributed by atoms with van der Waals surface area (Å²) in [5.41, 5.74) is 0.612. The second-order valence-corrected chi connectivity index (χ2v) is 5.15. The van der Waals surface area contributed by atoms with E-state index in [1.807, 2.05) is 6.92 Å². The number of likely N-dealkylation sites (tertiary alicyclic amines) is 1. The van der Waals surface area contributed by atoms with Crippen LogP contribution in [0.4, 0.5) is 4.39 Å². The summed E-state index contributed by atoms with van der Waals surface area (Å²) in [6, 6.07) is 4.02. The van der Waals surface area contributed by atoms with Gasteiger partial charge in [-0.15, -0.1) is 0 Å². The molecule has 0 radical (unpaired) electrons. The Morgan fingerprint density at radius 2 is 2.28 bits per heavy atom. The summed E-state index contributed by atoms with van der Waals surface area (Å²) in [6.45, 7) is 4.08. The zero-order valence-electron chi connectivity index (χ0n) is 10.6. The number of phenolic OH excluding ortho intramolecular Hbond substituents is 1. The van der Waals surface area contributed by atoms with Crippen LogP contribution in [0.15, 0.2) is 18.2 Å². The maximum absolute atomic E-state index is 13.1. The number of hydrogen-bond acceptors (Lipinski definition) is 3. The zero-order chi connectivity index (χ0) is 13.1. The lowest BCUT2D eigenvalue weighted by Gasteiger charge is -2.34. The average molecular weight is 253 g/mol. The highest BCUT2D eigenvalue weighted by Gasteiger charge is 2.23. The van der Waals surface area contributed by atoms with Gasteiger partial charge in [0.15, 0.2) is 0 Å². The first-order chi connectivity index (χ1) is 8.56. The molecular weight excluding hydrogens is 233 g/mol. The van der Waals surface area contributed by atoms with E-state index < -0.39 is 0 Å². The van der Waals surface area contributed by atoms with Crippen LogP contribution in [0.2, 0.25) is 0 Å². The van der Waals surface area contributed by atoms with Gasteiger partial charge in [-0.3, -0.25) is 4.90 Å². The van der Waals surface area contributed by atoms with Crippen LogP contribution in [-0.4, -0.2) is 34.3 Å². The summed E-state index contributed by atoms with van der Waals surface area (Å²) in [4.78, 5) is 2.16. The van der Waals surface area contributed by atoms with E-state index in [9.17, 15) is 14.6 Å². The molecule has 0 aliphatic carbocycles. The summed E-state index contributed by atoms with van der Waals surface area (Å²) in [5.74, 6) is 0.0805. The van der Waals surface area contributed by atoms with Crippen molar-refractivity contribution < 1.29 is 14.6 Å². The Hall–Kier alpha value is -1.13. The SMILES string of the molecule is C[C@@H](O)[C@H]1CCCN(Cc2cc(F)ccc2O)C1. The Bertz CT molecular complexity index is 409. The van der Waals surface area contributed by atoms with E-state index >= 15 is 0 Å². The molecule has 100 valence electrons. The molecule has 2 rings (SSSR count). The maximum atomic E-state index is 13.1. The van der Waals surface area contributed by atoms with Crippen molar-refractivity contribution in [3.63, 3.8) is 0 Å². The number of aliphatic hydroxyl groups excluding tert-OH is 1. The molecule has 3 nitrogen and oxygen atoms in total. The number of halogens is 1. The maximum Gasteiger partial charge on any atom is 0.123 e. The Kier molecular flexibility index (Phi) is 4.19. The van der Waals surface area contributed by atoms with Gasteiger partial charge in [0.2, 0.25) is 0 Å². The first-order valence-electron chi connectivity index (χ1n) is 6.44. The molecule has 0 spiro atoms. The lowest BCUT2D eigenvalue weighted by molar-refractivity contribution is 0.0596. The van der Waals surface area contributed by atoms with Crippen LogP contribution in [0.5, 0.6) is 5.75 Å². The van der Waals surface area contributed by atoms with E-state index in [1.165, 1.54) is 18.2 Å². The molecular formula is C14H20FNO2. The highest BCUT2D eigenvalue weighted by atomic mass is 19.1. The standard InChI is InChI=1S/C14H20FNO2/c1-10(17)11-3-2-6-16(8-11)9-12-7-13(15)4-5-14(12)18/h4-5,7,10-11,17-18H,2-3,6,8-9H2,1H3/t10-,11+/m1/s1. The first-order valence-corrected chi connectivity index (χ1v) is 6.44. The number of aromatic hydroxyl groups is 1. The van der Waals surface area contributed by atoms with Crippen molar-refractivity contribution in [1.29, 1.82) is 0 Å². The van der Waals surface area contributed by atoms with E-state index in [0.29, 0.717) is 12.1 Å². The summed E-state index contributed by atoms with van der Waals surface area (Å²) >= 11 is 0. The van der Waals surface area contributed by atoms with E-state index in [1.54, 1.807) is 0 Å². The third-order valence-corrected chi connectivity index (χ3v) is 3.66. The predicted molar refractivity (Wildman–Crippen MR) is 67.7 cm³/mol. The van der Waals surface area contributed by atoms with Gasteiger partial charge in [-0.2, -0.15) is 0 Å². The van der Waals surface area contributed by atoms with Crippen LogP contribution >= 0.6 is 0 Å². The van der Waals surface area contributed by atoms with Gasteiger partial charge < -0.3 is 10.2 Å². The molecule has 1 aliphatic heterocycles. The molecule has 1 aromatic carbocycles. The molecule has 0 amide bonds. The Morgan fingerprint density at radius 1 is 1.50 bits per heavy atom. The number of aliphatic hydroxyl groups is 1. The summed E-state index contributed by atoms with van der Waals surface area (Å²) in [7, 11) is 0. The van der Waals surface area contributed by atoms with Crippen LogP contribution in [0.1, 0.15) is 25.3 Å². The summed E-state index contributed by atoms with van der Waals surface area (Å²) in [6.07, 6.45) is 1.75. The van der Waals surface area contributed by atoms with Gasteiger partial charge in [0.1, 0.15) is 11.6 Å². The predicted octanol–water partition coefficient (Wildman–Crippen LogP) is 2.12. The molecule has 2 atom stereocenters. The first kappa shape index (κ1) is 13.3. The van der Waals surface area contributed by atoms with Crippen molar-refractivity contribution in [2.45, 2.75) is 32.4 Å². The van der Waals surface area contributed by atoms with Crippen molar-refractivity contribution in [3.05, 3.63) is 29.6 Å². The quantitative estimate of drug-likeness (QED) is 0.867. The third kappa shape index (κ3) is 3.21. The highest BCUT2D eigenvalue weighted by molar-refractivity contribution is 5.32. The van der Waals surface area contributed by atoms with Crippen LogP contribution in [0, 0.1) is 11.7 Å². The number of hydrogen-bond donors (Lipinski definition) is 2. The van der Waals surface area contributed by atoms with Gasteiger partial charge in [-0.05, 0) is 50.4 Å². The van der Waals surface area contributed by atoms with Crippen molar-refractivity contribution >= 4 is 0 Å². The van der Waals surface area contributed by atoms with Gasteiger partial charge in [-0.1, -0.05) is 0 Å². The van der Waals surface area contributed by atoms with E-state index in [2.05, 4.69) is 4.90 Å². The van der Waals surface area contributed by atoms with E-state index in [0.717, 1.165) is 25.9 Å². The van der Waals surface area contributed by atoms with Crippen molar-refractivity contribution in [2.75, 3.05) is 13.1 Å². The molecule has 1 fully saturated rings. The van der Waals surface area contributed by atoms with Gasteiger partial charge in [0, 0.05) is 18.7 Å². The number of benzene rings is 1. The molecule has 0 unspecified atom stereocenters. The number of rotatable bonds is 3. The number of phenols is 1. The van der Waals surface area contributed by atoms with Crippen molar-refractivity contribution in [1.82, 2.24) is 4.90 Å².